The molecule has 32 heavy (non-hydrogen) atoms. The van der Waals surface area contributed by atoms with Crippen molar-refractivity contribution in [2.24, 2.45) is 0 Å². The first kappa shape index (κ1) is 22.5. The summed E-state index contributed by atoms with van der Waals surface area (Å²) in [7, 11) is 1.55. The molecule has 3 aromatic carbocycles. The van der Waals surface area contributed by atoms with Crippen LogP contribution in [0.4, 0.5) is 10.1 Å². The molecular weight excluding hydrogens is 513 g/mol. The van der Waals surface area contributed by atoms with E-state index < -0.39 is 0 Å². The first-order valence-electron chi connectivity index (χ1n) is 9.54. The van der Waals surface area contributed by atoms with Gasteiger partial charge in [0.25, 0.3) is 5.91 Å². The molecule has 0 N–H and O–H groups in total. The fourth-order valence-corrected chi connectivity index (χ4v) is 4.82. The highest BCUT2D eigenvalue weighted by Crippen LogP contribution is 2.40. The van der Waals surface area contributed by atoms with Gasteiger partial charge in [0.15, 0.2) is 4.32 Å². The second-order valence-electron chi connectivity index (χ2n) is 6.75. The summed E-state index contributed by atoms with van der Waals surface area (Å²) in [5, 5.41) is 0. The number of carbonyl (C=O) groups is 1. The molecule has 0 bridgehead atoms. The minimum Gasteiger partial charge on any atom is -0.495 e. The Hall–Kier alpha value is -2.68. The van der Waals surface area contributed by atoms with Crippen LogP contribution in [0, 0.1) is 5.82 Å². The highest BCUT2D eigenvalue weighted by molar-refractivity contribution is 9.10. The number of carbonyl (C=O) groups excluding carboxylic acids is 1. The zero-order chi connectivity index (χ0) is 22.7. The van der Waals surface area contributed by atoms with Crippen LogP contribution in [0.15, 0.2) is 76.1 Å². The van der Waals surface area contributed by atoms with Crippen LogP contribution in [0.1, 0.15) is 11.1 Å². The van der Waals surface area contributed by atoms with Crippen LogP contribution >= 0.6 is 39.9 Å². The molecular formula is C24H17BrFNO3S2. The van der Waals surface area contributed by atoms with Gasteiger partial charge < -0.3 is 9.47 Å². The Labute approximate surface area is 203 Å². The Morgan fingerprint density at radius 3 is 2.62 bits per heavy atom. The van der Waals surface area contributed by atoms with E-state index in [9.17, 15) is 9.18 Å². The number of rotatable bonds is 6. The number of hydrogen-bond acceptors (Lipinski definition) is 5. The van der Waals surface area contributed by atoms with Gasteiger partial charge in [-0.05, 0) is 42.5 Å². The summed E-state index contributed by atoms with van der Waals surface area (Å²) in [6.45, 7) is 0.0668. The molecule has 0 spiro atoms. The van der Waals surface area contributed by atoms with Crippen LogP contribution in [-0.2, 0) is 11.4 Å². The highest BCUT2D eigenvalue weighted by atomic mass is 79.9. The summed E-state index contributed by atoms with van der Waals surface area (Å²) in [5.74, 6) is 0.508. The van der Waals surface area contributed by atoms with Gasteiger partial charge in [0.05, 0.1) is 17.7 Å². The van der Waals surface area contributed by atoms with E-state index in [0.717, 1.165) is 4.47 Å². The highest BCUT2D eigenvalue weighted by Gasteiger charge is 2.35. The van der Waals surface area contributed by atoms with Crippen molar-refractivity contribution < 1.29 is 18.7 Å². The Balaban J connectivity index is 1.64. The SMILES string of the molecule is COc1ccccc1N1C(=O)C(=Cc2cc(Br)ccc2OCc2ccccc2F)SC1=S. The normalized spacial score (nSPS) is 14.8. The number of amides is 1. The number of ether oxygens (including phenoxy) is 2. The Morgan fingerprint density at radius 1 is 1.09 bits per heavy atom. The van der Waals surface area contributed by atoms with Crippen molar-refractivity contribution in [3.05, 3.63) is 93.1 Å². The third-order valence-electron chi connectivity index (χ3n) is 4.72. The molecule has 0 radical (unpaired) electrons. The van der Waals surface area contributed by atoms with Gasteiger partial charge in [-0.25, -0.2) is 4.39 Å². The van der Waals surface area contributed by atoms with Gasteiger partial charge in [-0.1, -0.05) is 70.2 Å². The van der Waals surface area contributed by atoms with Crippen LogP contribution in [0.3, 0.4) is 0 Å². The quantitative estimate of drug-likeness (QED) is 0.266. The standard InChI is InChI=1S/C24H17BrFNO3S2/c1-29-21-9-5-4-8-19(21)27-23(28)22(32-24(27)31)13-16-12-17(25)10-11-20(16)30-14-15-6-2-3-7-18(15)26/h2-13H,14H2,1H3. The molecule has 1 amide bonds. The maximum absolute atomic E-state index is 14.0. The zero-order valence-corrected chi connectivity index (χ0v) is 20.1. The van der Waals surface area contributed by atoms with Crippen LogP contribution in [-0.4, -0.2) is 17.3 Å². The molecule has 1 aliphatic heterocycles. The third kappa shape index (κ3) is 4.72. The molecule has 3 aromatic rings. The molecule has 1 heterocycles. The van der Waals surface area contributed by atoms with Crippen LogP contribution in [0.2, 0.25) is 0 Å². The zero-order valence-electron chi connectivity index (χ0n) is 16.9. The summed E-state index contributed by atoms with van der Waals surface area (Å²) < 4.78 is 26.5. The minimum atomic E-state index is -0.330. The van der Waals surface area contributed by atoms with Crippen molar-refractivity contribution in [2.75, 3.05) is 12.0 Å². The van der Waals surface area contributed by atoms with E-state index in [4.69, 9.17) is 21.7 Å². The maximum atomic E-state index is 14.0. The molecule has 1 fully saturated rings. The smallest absolute Gasteiger partial charge is 0.270 e. The van der Waals surface area contributed by atoms with Gasteiger partial charge in [-0.15, -0.1) is 0 Å². The van der Waals surface area contributed by atoms with Crippen molar-refractivity contribution in [2.45, 2.75) is 6.61 Å². The van der Waals surface area contributed by atoms with Gasteiger partial charge in [-0.3, -0.25) is 9.69 Å². The predicted molar refractivity (Wildman–Crippen MR) is 134 cm³/mol. The average Bonchev–Trinajstić information content (AvgIpc) is 3.06. The lowest BCUT2D eigenvalue weighted by Crippen LogP contribution is -2.27. The van der Waals surface area contributed by atoms with Crippen molar-refractivity contribution in [1.29, 1.82) is 0 Å². The number of nitrogens with zero attached hydrogens (tertiary/aromatic N) is 1. The van der Waals surface area contributed by atoms with E-state index in [1.54, 1.807) is 49.6 Å². The number of anilines is 1. The number of thioether (sulfide) groups is 1. The van der Waals surface area contributed by atoms with E-state index in [1.807, 2.05) is 24.3 Å². The van der Waals surface area contributed by atoms with Crippen LogP contribution < -0.4 is 14.4 Å². The third-order valence-corrected chi connectivity index (χ3v) is 6.51. The van der Waals surface area contributed by atoms with E-state index >= 15 is 0 Å². The van der Waals surface area contributed by atoms with Crippen molar-refractivity contribution in [1.82, 2.24) is 0 Å². The maximum Gasteiger partial charge on any atom is 0.270 e. The molecule has 0 unspecified atom stereocenters. The largest absolute Gasteiger partial charge is 0.495 e. The fourth-order valence-electron chi connectivity index (χ4n) is 3.17. The second kappa shape index (κ2) is 9.85. The van der Waals surface area contributed by atoms with Gasteiger partial charge in [-0.2, -0.15) is 0 Å². The van der Waals surface area contributed by atoms with E-state index in [0.29, 0.717) is 37.5 Å². The Morgan fingerprint density at radius 2 is 1.84 bits per heavy atom. The lowest BCUT2D eigenvalue weighted by atomic mass is 10.1. The fraction of sp³-hybridized carbons (Fsp3) is 0.0833. The summed E-state index contributed by atoms with van der Waals surface area (Å²) in [4.78, 5) is 15.1. The number of hydrogen-bond donors (Lipinski definition) is 0. The van der Waals surface area contributed by atoms with E-state index in [2.05, 4.69) is 15.9 Å². The number of methoxy groups -OCH3 is 1. The first-order chi connectivity index (χ1) is 15.5. The molecule has 0 aromatic heterocycles. The van der Waals surface area contributed by atoms with Crippen LogP contribution in [0.25, 0.3) is 6.08 Å². The Kier molecular flexibility index (Phi) is 6.93. The number of benzene rings is 3. The molecule has 0 saturated carbocycles. The lowest BCUT2D eigenvalue weighted by molar-refractivity contribution is -0.113. The van der Waals surface area contributed by atoms with E-state index in [1.165, 1.54) is 22.7 Å². The summed E-state index contributed by atoms with van der Waals surface area (Å²) in [5.41, 5.74) is 1.71. The number of thiocarbonyl (C=S) groups is 1. The van der Waals surface area contributed by atoms with Gasteiger partial charge in [0.2, 0.25) is 0 Å². The van der Waals surface area contributed by atoms with Crippen LogP contribution in [0.5, 0.6) is 11.5 Å². The summed E-state index contributed by atoms with van der Waals surface area (Å²) in [6, 6.07) is 19.1. The average molecular weight is 530 g/mol. The predicted octanol–water partition coefficient (Wildman–Crippen LogP) is 6.58. The van der Waals surface area contributed by atoms with E-state index in [-0.39, 0.29) is 18.3 Å². The second-order valence-corrected chi connectivity index (χ2v) is 9.34. The molecule has 8 heteroatoms. The molecule has 4 rings (SSSR count). The minimum absolute atomic E-state index is 0.0668. The van der Waals surface area contributed by atoms with Crippen molar-refractivity contribution in [3.8, 4) is 11.5 Å². The molecule has 1 saturated heterocycles. The topological polar surface area (TPSA) is 38.8 Å². The molecule has 0 aliphatic carbocycles. The number of halogens is 2. The summed E-state index contributed by atoms with van der Waals surface area (Å²) >= 11 is 10.1. The molecule has 4 nitrogen and oxygen atoms in total. The lowest BCUT2D eigenvalue weighted by Gasteiger charge is -2.17. The van der Waals surface area contributed by atoms with Gasteiger partial charge >= 0.3 is 0 Å². The van der Waals surface area contributed by atoms with Gasteiger partial charge in [0, 0.05) is 15.6 Å². The molecule has 0 atom stereocenters. The van der Waals surface area contributed by atoms with Crippen molar-refractivity contribution >= 4 is 61.9 Å². The Bertz CT molecular complexity index is 1230. The first-order valence-corrected chi connectivity index (χ1v) is 11.6. The van der Waals surface area contributed by atoms with Gasteiger partial charge in [0.1, 0.15) is 23.9 Å². The summed E-state index contributed by atoms with van der Waals surface area (Å²) in [6.07, 6.45) is 1.73. The monoisotopic (exact) mass is 529 g/mol. The molecule has 162 valence electrons. The molecule has 1 aliphatic rings. The van der Waals surface area contributed by atoms with Crippen molar-refractivity contribution in [3.63, 3.8) is 0 Å². The number of para-hydroxylation sites is 2.